The number of nitrogens with zero attached hydrogens (tertiary/aromatic N) is 1. The molecule has 0 spiro atoms. The van der Waals surface area contributed by atoms with Gasteiger partial charge in [0.1, 0.15) is 11.5 Å². The molecule has 27 heavy (non-hydrogen) atoms. The first-order valence-corrected chi connectivity index (χ1v) is 8.41. The number of carbonyl (C=O) groups excluding carboxylic acids is 1. The lowest BCUT2D eigenvalue weighted by molar-refractivity contribution is -0.126. The van der Waals surface area contributed by atoms with E-state index in [1.54, 1.807) is 13.3 Å². The Bertz CT molecular complexity index is 724. The molecule has 0 saturated carbocycles. The Morgan fingerprint density at radius 3 is 2.48 bits per heavy atom. The number of amides is 1. The van der Waals surface area contributed by atoms with E-state index in [2.05, 4.69) is 15.6 Å². The van der Waals surface area contributed by atoms with E-state index in [0.29, 0.717) is 24.1 Å². The number of ether oxygens (including phenoxy) is 2. The van der Waals surface area contributed by atoms with Gasteiger partial charge >= 0.3 is 0 Å². The van der Waals surface area contributed by atoms with Gasteiger partial charge in [-0.15, -0.1) is 24.8 Å². The first-order chi connectivity index (χ1) is 12.2. The summed E-state index contributed by atoms with van der Waals surface area (Å²) in [5.41, 5.74) is 0.950. The summed E-state index contributed by atoms with van der Waals surface area (Å²) in [5.74, 6) is 2.49. The zero-order valence-electron chi connectivity index (χ0n) is 15.3. The van der Waals surface area contributed by atoms with Crippen molar-refractivity contribution in [3.8, 4) is 17.4 Å². The molecule has 1 saturated heterocycles. The van der Waals surface area contributed by atoms with Crippen molar-refractivity contribution in [1.29, 1.82) is 0 Å². The van der Waals surface area contributed by atoms with Crippen LogP contribution >= 0.6 is 24.8 Å². The highest BCUT2D eigenvalue weighted by molar-refractivity contribution is 5.85. The van der Waals surface area contributed by atoms with Crippen molar-refractivity contribution in [3.05, 3.63) is 48.2 Å². The molecule has 1 aromatic carbocycles. The van der Waals surface area contributed by atoms with Crippen LogP contribution in [0.2, 0.25) is 0 Å². The van der Waals surface area contributed by atoms with Crippen LogP contribution in [0.1, 0.15) is 12.5 Å². The Hall–Kier alpha value is -2.02. The van der Waals surface area contributed by atoms with Gasteiger partial charge < -0.3 is 20.1 Å². The van der Waals surface area contributed by atoms with E-state index in [0.717, 1.165) is 24.4 Å². The van der Waals surface area contributed by atoms with Crippen LogP contribution in [0.4, 0.5) is 0 Å². The molecule has 2 aromatic rings. The van der Waals surface area contributed by atoms with Crippen LogP contribution in [0, 0.1) is 11.8 Å². The highest BCUT2D eigenvalue weighted by Gasteiger charge is 2.28. The van der Waals surface area contributed by atoms with Crippen molar-refractivity contribution in [2.75, 3.05) is 20.2 Å². The fraction of sp³-hybridized carbons (Fsp3) is 0.368. The van der Waals surface area contributed by atoms with Crippen LogP contribution in [-0.4, -0.2) is 31.1 Å². The topological polar surface area (TPSA) is 72.5 Å². The lowest BCUT2D eigenvalue weighted by Gasteiger charge is -2.31. The van der Waals surface area contributed by atoms with E-state index in [1.807, 2.05) is 43.3 Å². The van der Waals surface area contributed by atoms with Crippen LogP contribution in [-0.2, 0) is 11.3 Å². The third-order valence-corrected chi connectivity index (χ3v) is 4.48. The average molecular weight is 414 g/mol. The second-order valence-electron chi connectivity index (χ2n) is 6.20. The van der Waals surface area contributed by atoms with E-state index in [4.69, 9.17) is 9.47 Å². The number of hydrogen-bond donors (Lipinski definition) is 2. The van der Waals surface area contributed by atoms with Gasteiger partial charge in [-0.2, -0.15) is 0 Å². The molecule has 0 bridgehead atoms. The van der Waals surface area contributed by atoms with Crippen LogP contribution in [0.3, 0.4) is 0 Å². The Labute approximate surface area is 171 Å². The molecular formula is C19H25Cl2N3O3. The quantitative estimate of drug-likeness (QED) is 0.728. The summed E-state index contributed by atoms with van der Waals surface area (Å²) >= 11 is 0. The highest BCUT2D eigenvalue weighted by Crippen LogP contribution is 2.23. The van der Waals surface area contributed by atoms with Gasteiger partial charge in [-0.3, -0.25) is 4.79 Å². The average Bonchev–Trinajstić information content (AvgIpc) is 2.59. The van der Waals surface area contributed by atoms with Crippen LogP contribution in [0.5, 0.6) is 17.4 Å². The zero-order chi connectivity index (χ0) is 17.6. The van der Waals surface area contributed by atoms with E-state index < -0.39 is 0 Å². The van der Waals surface area contributed by atoms with E-state index in [1.165, 1.54) is 0 Å². The van der Waals surface area contributed by atoms with Crippen molar-refractivity contribution < 1.29 is 14.3 Å². The molecule has 2 N–H and O–H groups in total. The third-order valence-electron chi connectivity index (χ3n) is 4.48. The summed E-state index contributed by atoms with van der Waals surface area (Å²) < 4.78 is 10.9. The van der Waals surface area contributed by atoms with Crippen molar-refractivity contribution in [2.24, 2.45) is 11.8 Å². The molecule has 1 unspecified atom stereocenters. The van der Waals surface area contributed by atoms with Gasteiger partial charge in [0, 0.05) is 24.7 Å². The zero-order valence-corrected chi connectivity index (χ0v) is 16.9. The van der Waals surface area contributed by atoms with Crippen molar-refractivity contribution >= 4 is 30.7 Å². The van der Waals surface area contributed by atoms with Crippen molar-refractivity contribution in [3.63, 3.8) is 0 Å². The van der Waals surface area contributed by atoms with Gasteiger partial charge in [-0.1, -0.05) is 6.92 Å². The van der Waals surface area contributed by atoms with Gasteiger partial charge in [-0.05, 0) is 54.9 Å². The number of benzene rings is 1. The van der Waals surface area contributed by atoms with Crippen molar-refractivity contribution in [1.82, 2.24) is 15.6 Å². The minimum atomic E-state index is 0. The first-order valence-electron chi connectivity index (χ1n) is 8.41. The monoisotopic (exact) mass is 413 g/mol. The molecule has 6 nitrogen and oxygen atoms in total. The van der Waals surface area contributed by atoms with Crippen LogP contribution < -0.4 is 20.1 Å². The summed E-state index contributed by atoms with van der Waals surface area (Å²) in [4.78, 5) is 16.4. The number of methoxy groups -OCH3 is 1. The number of nitrogens with one attached hydrogen (secondary N) is 2. The Kier molecular flexibility index (Phi) is 9.35. The van der Waals surface area contributed by atoms with E-state index >= 15 is 0 Å². The predicted molar refractivity (Wildman–Crippen MR) is 109 cm³/mol. The smallest absolute Gasteiger partial charge is 0.223 e. The van der Waals surface area contributed by atoms with Gasteiger partial charge in [0.2, 0.25) is 11.8 Å². The Morgan fingerprint density at radius 2 is 1.89 bits per heavy atom. The van der Waals surface area contributed by atoms with Gasteiger partial charge in [-0.25, -0.2) is 4.98 Å². The summed E-state index contributed by atoms with van der Waals surface area (Å²) in [5, 5.41) is 6.18. The number of pyridine rings is 1. The summed E-state index contributed by atoms with van der Waals surface area (Å²) in [6, 6.07) is 11.0. The molecule has 148 valence electrons. The largest absolute Gasteiger partial charge is 0.497 e. The SMILES string of the molecule is COc1ccc(Oc2cc(CNC(=O)C(C)C3CNC3)ccn2)cc1.Cl.Cl. The maximum absolute atomic E-state index is 12.2. The van der Waals surface area contributed by atoms with Crippen LogP contribution in [0.25, 0.3) is 0 Å². The first kappa shape index (κ1) is 23.0. The highest BCUT2D eigenvalue weighted by atomic mass is 35.5. The minimum Gasteiger partial charge on any atom is -0.497 e. The van der Waals surface area contributed by atoms with Crippen molar-refractivity contribution in [2.45, 2.75) is 13.5 Å². The lowest BCUT2D eigenvalue weighted by atomic mass is 9.88. The molecule has 0 radical (unpaired) electrons. The maximum atomic E-state index is 12.2. The molecule has 3 rings (SSSR count). The number of aromatic nitrogens is 1. The van der Waals surface area contributed by atoms with E-state index in [-0.39, 0.29) is 36.6 Å². The van der Waals surface area contributed by atoms with Gasteiger partial charge in [0.05, 0.1) is 7.11 Å². The molecular weight excluding hydrogens is 389 g/mol. The van der Waals surface area contributed by atoms with E-state index in [9.17, 15) is 4.79 Å². The molecule has 1 aliphatic heterocycles. The number of hydrogen-bond acceptors (Lipinski definition) is 5. The Morgan fingerprint density at radius 1 is 1.22 bits per heavy atom. The predicted octanol–water partition coefficient (Wildman–Crippen LogP) is 3.20. The fourth-order valence-corrected chi connectivity index (χ4v) is 2.61. The number of halogens is 2. The number of carbonyl (C=O) groups is 1. The minimum absolute atomic E-state index is 0. The molecule has 1 aromatic heterocycles. The lowest BCUT2D eigenvalue weighted by Crippen LogP contribution is -2.49. The molecule has 0 aliphatic carbocycles. The maximum Gasteiger partial charge on any atom is 0.223 e. The van der Waals surface area contributed by atoms with Crippen LogP contribution in [0.15, 0.2) is 42.6 Å². The Balaban J connectivity index is 0.00000182. The van der Waals surface area contributed by atoms with Gasteiger partial charge in [0.25, 0.3) is 0 Å². The third kappa shape index (κ3) is 6.27. The number of rotatable bonds is 7. The molecule has 1 aliphatic rings. The second-order valence-corrected chi connectivity index (χ2v) is 6.20. The summed E-state index contributed by atoms with van der Waals surface area (Å²) in [6.07, 6.45) is 1.68. The molecule has 2 heterocycles. The molecule has 1 atom stereocenters. The fourth-order valence-electron chi connectivity index (χ4n) is 2.61. The summed E-state index contributed by atoms with van der Waals surface area (Å²) in [7, 11) is 1.62. The molecule has 8 heteroatoms. The molecule has 1 fully saturated rings. The molecule has 1 amide bonds. The van der Waals surface area contributed by atoms with Gasteiger partial charge in [0.15, 0.2) is 0 Å². The normalized spacial score (nSPS) is 14.0. The standard InChI is InChI=1S/C19H23N3O3.2ClH/c1-13(15-11-20-12-15)19(23)22-10-14-7-8-21-18(9-14)25-17-5-3-16(24-2)4-6-17;;/h3-9,13,15,20H,10-12H2,1-2H3,(H,22,23);2*1H. The second kappa shape index (κ2) is 11.0. The summed E-state index contributed by atoms with van der Waals surface area (Å²) in [6.45, 7) is 4.28.